The molecule has 0 atom stereocenters. The predicted octanol–water partition coefficient (Wildman–Crippen LogP) is 6.60. The smallest absolute Gasteiger partial charge is 0.414 e. The summed E-state index contributed by atoms with van der Waals surface area (Å²) in [6, 6.07) is 6.65. The lowest BCUT2D eigenvalue weighted by atomic mass is 10.2. The molecule has 5 amide bonds. The number of nitrogens with one attached hydrogen (secondary N) is 4. The van der Waals surface area contributed by atoms with Gasteiger partial charge in [-0.3, -0.25) is 36.0 Å². The van der Waals surface area contributed by atoms with Crippen LogP contribution < -0.4 is 26.0 Å². The molecule has 0 spiro atoms. The molecule has 0 bridgehead atoms. The maximum atomic E-state index is 12.9. The Balaban J connectivity index is 1.75. The number of nitrogens with zero attached hydrogens (tertiary/aromatic N) is 4. The number of benzene rings is 1. The van der Waals surface area contributed by atoms with E-state index in [2.05, 4.69) is 36.2 Å². The fourth-order valence-electron chi connectivity index (χ4n) is 5.17. The average Bonchev–Trinajstić information content (AvgIpc) is 3.05. The minimum absolute atomic E-state index is 0.0228. The van der Waals surface area contributed by atoms with Crippen LogP contribution in [0.4, 0.5) is 24.9 Å². The number of unbranched alkanes of at least 4 members (excludes halogenated alkanes) is 3. The number of rotatable bonds is 12. The summed E-state index contributed by atoms with van der Waals surface area (Å²) in [5.74, 6) is 0.363. The summed E-state index contributed by atoms with van der Waals surface area (Å²) in [7, 11) is 0. The Kier molecular flexibility index (Phi) is 19.4. The van der Waals surface area contributed by atoms with Crippen molar-refractivity contribution in [1.82, 2.24) is 31.1 Å². The van der Waals surface area contributed by atoms with Gasteiger partial charge >= 0.3 is 24.4 Å². The number of aliphatic imine (C=N–C) groups is 2. The van der Waals surface area contributed by atoms with Gasteiger partial charge in [0.2, 0.25) is 17.8 Å². The van der Waals surface area contributed by atoms with E-state index in [1.54, 1.807) is 107 Å². The van der Waals surface area contributed by atoms with Gasteiger partial charge in [-0.05, 0) is 127 Å². The van der Waals surface area contributed by atoms with Crippen LogP contribution in [0.5, 0.6) is 5.75 Å². The van der Waals surface area contributed by atoms with Crippen molar-refractivity contribution in [3.05, 3.63) is 24.3 Å². The number of ether oxygens (including phenoxy) is 5. The summed E-state index contributed by atoms with van der Waals surface area (Å²) in [4.78, 5) is 75.2. The van der Waals surface area contributed by atoms with Crippen LogP contribution in [0.1, 0.15) is 115 Å². The molecule has 1 aliphatic heterocycles. The number of carbonyl (C=O) groups is 5. The summed E-state index contributed by atoms with van der Waals surface area (Å²) in [5, 5.41) is 9.88. The molecule has 4 N–H and O–H groups in total. The van der Waals surface area contributed by atoms with Gasteiger partial charge in [-0.1, -0.05) is 12.8 Å². The van der Waals surface area contributed by atoms with Gasteiger partial charge in [0.1, 0.15) is 28.2 Å². The number of alkyl carbamates (subject to hydrolysis) is 4. The number of carbonyl (C=O) groups excluding carboxylic acids is 5. The standard InChI is InChI=1S/C41H68N8O10/c1-38(2,3)56-34(51)44-32(45-35(52)57-39(4,5)6)42-22-15-13-14-16-23-48-24-26-49(27-25-48)31(50)21-28-55-30-19-17-29(18-20-30)43-33(46-36(53)58-40(7,8)9)47-37(54)59-41(10,11)12/h17-20H,13-16,21-28H2,1-12H3,(H2,42,44,45,51,52)(H2,43,46,47,53,54). The lowest BCUT2D eigenvalue weighted by Gasteiger charge is -2.34. The third-order valence-electron chi connectivity index (χ3n) is 7.52. The van der Waals surface area contributed by atoms with E-state index in [0.29, 0.717) is 31.1 Å². The molecule has 59 heavy (non-hydrogen) atoms. The SMILES string of the molecule is CC(C)(C)OC(=O)NC(=NCCCCCCN1CCN(C(=O)CCOc2ccc(N=C(NC(=O)OC(C)(C)C)NC(=O)OC(C)(C)C)cc2)CC1)NC(=O)OC(C)(C)C. The molecule has 0 aliphatic carbocycles. The lowest BCUT2D eigenvalue weighted by molar-refractivity contribution is -0.133. The first-order chi connectivity index (χ1) is 27.2. The summed E-state index contributed by atoms with van der Waals surface area (Å²) in [5.41, 5.74) is -2.54. The van der Waals surface area contributed by atoms with E-state index >= 15 is 0 Å². The van der Waals surface area contributed by atoms with Crippen molar-refractivity contribution in [2.24, 2.45) is 9.98 Å². The van der Waals surface area contributed by atoms with Crippen LogP contribution in [0.15, 0.2) is 34.3 Å². The van der Waals surface area contributed by atoms with Gasteiger partial charge in [-0.2, -0.15) is 0 Å². The summed E-state index contributed by atoms with van der Waals surface area (Å²) >= 11 is 0. The fraction of sp³-hybridized carbons (Fsp3) is 0.683. The second kappa shape index (κ2) is 22.9. The van der Waals surface area contributed by atoms with Crippen LogP contribution in [-0.4, -0.2) is 120 Å². The van der Waals surface area contributed by atoms with Crippen molar-refractivity contribution in [2.75, 3.05) is 45.9 Å². The largest absolute Gasteiger partial charge is 0.493 e. The van der Waals surface area contributed by atoms with Crippen LogP contribution in [0, 0.1) is 0 Å². The molecule has 1 saturated heterocycles. The number of guanidine groups is 2. The molecule has 2 rings (SSSR count). The molecule has 1 aromatic carbocycles. The van der Waals surface area contributed by atoms with Gasteiger partial charge in [0, 0.05) is 32.7 Å². The Labute approximate surface area is 349 Å². The highest BCUT2D eigenvalue weighted by Crippen LogP contribution is 2.19. The zero-order chi connectivity index (χ0) is 44.4. The van der Waals surface area contributed by atoms with Crippen molar-refractivity contribution in [1.29, 1.82) is 0 Å². The topological polar surface area (TPSA) is 211 Å². The van der Waals surface area contributed by atoms with Gasteiger partial charge in [0.15, 0.2) is 0 Å². The minimum atomic E-state index is -0.798. The van der Waals surface area contributed by atoms with Crippen LogP contribution in [-0.2, 0) is 23.7 Å². The zero-order valence-corrected chi connectivity index (χ0v) is 37.2. The molecule has 0 unspecified atom stereocenters. The van der Waals surface area contributed by atoms with E-state index in [0.717, 1.165) is 45.3 Å². The highest BCUT2D eigenvalue weighted by Gasteiger charge is 2.24. The average molecular weight is 833 g/mol. The summed E-state index contributed by atoms with van der Waals surface area (Å²) in [6.45, 7) is 25.2. The molecule has 0 aromatic heterocycles. The molecule has 332 valence electrons. The van der Waals surface area contributed by atoms with Crippen LogP contribution in [0.3, 0.4) is 0 Å². The van der Waals surface area contributed by atoms with Crippen molar-refractivity contribution >= 4 is 47.9 Å². The molecule has 0 saturated carbocycles. The maximum absolute atomic E-state index is 12.9. The van der Waals surface area contributed by atoms with E-state index in [9.17, 15) is 24.0 Å². The van der Waals surface area contributed by atoms with Crippen molar-refractivity contribution in [3.8, 4) is 5.75 Å². The number of piperazine rings is 1. The Bertz CT molecular complexity index is 1530. The van der Waals surface area contributed by atoms with Gasteiger partial charge in [0.05, 0.1) is 18.7 Å². The molecule has 1 aromatic rings. The van der Waals surface area contributed by atoms with E-state index in [4.69, 9.17) is 23.7 Å². The van der Waals surface area contributed by atoms with Gasteiger partial charge in [0.25, 0.3) is 0 Å². The van der Waals surface area contributed by atoms with Gasteiger partial charge in [-0.15, -0.1) is 0 Å². The van der Waals surface area contributed by atoms with Crippen LogP contribution in [0.25, 0.3) is 0 Å². The quantitative estimate of drug-likeness (QED) is 0.0763. The highest BCUT2D eigenvalue weighted by atomic mass is 16.6. The molecule has 1 aliphatic rings. The van der Waals surface area contributed by atoms with E-state index in [-0.39, 0.29) is 30.9 Å². The Morgan fingerprint density at radius 2 is 1.00 bits per heavy atom. The van der Waals surface area contributed by atoms with Crippen LogP contribution in [0.2, 0.25) is 0 Å². The second-order valence-corrected chi connectivity index (χ2v) is 17.9. The second-order valence-electron chi connectivity index (χ2n) is 17.9. The van der Waals surface area contributed by atoms with E-state index in [1.807, 2.05) is 4.90 Å². The Hall–Kier alpha value is -5.13. The fourth-order valence-corrected chi connectivity index (χ4v) is 5.17. The van der Waals surface area contributed by atoms with Gasteiger partial charge < -0.3 is 28.6 Å². The number of amides is 5. The zero-order valence-electron chi connectivity index (χ0n) is 37.2. The summed E-state index contributed by atoms with van der Waals surface area (Å²) in [6.07, 6.45) is 0.850. The molecule has 0 radical (unpaired) electrons. The predicted molar refractivity (Wildman–Crippen MR) is 225 cm³/mol. The van der Waals surface area contributed by atoms with Crippen molar-refractivity contribution < 1.29 is 47.7 Å². The molecule has 18 nitrogen and oxygen atoms in total. The molecular weight excluding hydrogens is 764 g/mol. The Morgan fingerprint density at radius 1 is 0.576 bits per heavy atom. The minimum Gasteiger partial charge on any atom is -0.493 e. The third kappa shape index (κ3) is 24.4. The molecule has 18 heteroatoms. The van der Waals surface area contributed by atoms with Crippen LogP contribution >= 0.6 is 0 Å². The number of hydrogen-bond donors (Lipinski definition) is 4. The van der Waals surface area contributed by atoms with Crippen molar-refractivity contribution in [2.45, 2.75) is 138 Å². The monoisotopic (exact) mass is 833 g/mol. The first-order valence-corrected chi connectivity index (χ1v) is 20.1. The Morgan fingerprint density at radius 3 is 1.44 bits per heavy atom. The van der Waals surface area contributed by atoms with E-state index < -0.39 is 46.8 Å². The summed E-state index contributed by atoms with van der Waals surface area (Å²) < 4.78 is 27.0. The van der Waals surface area contributed by atoms with Crippen molar-refractivity contribution in [3.63, 3.8) is 0 Å². The maximum Gasteiger partial charge on any atom is 0.414 e. The van der Waals surface area contributed by atoms with Gasteiger partial charge in [-0.25, -0.2) is 24.2 Å². The van der Waals surface area contributed by atoms with E-state index in [1.165, 1.54) is 0 Å². The molecular formula is C41H68N8O10. The third-order valence-corrected chi connectivity index (χ3v) is 7.52. The highest BCUT2D eigenvalue weighted by molar-refractivity contribution is 6.02. The number of hydrogen-bond acceptors (Lipinski definition) is 13. The first kappa shape index (κ1) is 50.0. The lowest BCUT2D eigenvalue weighted by Crippen LogP contribution is -2.49. The molecule has 1 heterocycles. The first-order valence-electron chi connectivity index (χ1n) is 20.1. The molecule has 1 fully saturated rings. The normalized spacial score (nSPS) is 13.6.